The zero-order chi connectivity index (χ0) is 26.6. The van der Waals surface area contributed by atoms with E-state index in [4.69, 9.17) is 14.7 Å². The molecule has 0 bridgehead atoms. The summed E-state index contributed by atoms with van der Waals surface area (Å²) in [7, 11) is 0. The van der Waals surface area contributed by atoms with Gasteiger partial charge in [0.2, 0.25) is 0 Å². The number of aromatic nitrogens is 2. The fraction of sp³-hybridized carbons (Fsp3) is 0.452. The summed E-state index contributed by atoms with van der Waals surface area (Å²) in [6.07, 6.45) is 6.59. The van der Waals surface area contributed by atoms with Gasteiger partial charge in [0.15, 0.2) is 5.82 Å². The van der Waals surface area contributed by atoms with Crippen LogP contribution >= 0.6 is 0 Å². The van der Waals surface area contributed by atoms with E-state index in [1.54, 1.807) is 0 Å². The second-order valence-electron chi connectivity index (χ2n) is 10.9. The highest BCUT2D eigenvalue weighted by Crippen LogP contribution is 2.41. The van der Waals surface area contributed by atoms with Crippen LogP contribution in [-0.4, -0.2) is 54.3 Å². The zero-order valence-corrected chi connectivity index (χ0v) is 22.2. The molecule has 2 saturated carbocycles. The predicted octanol–water partition coefficient (Wildman–Crippen LogP) is 4.83. The predicted molar refractivity (Wildman–Crippen MR) is 149 cm³/mol. The molecular weight excluding hydrogens is 493 g/mol. The van der Waals surface area contributed by atoms with Crippen molar-refractivity contribution in [1.82, 2.24) is 20.6 Å². The minimum Gasteiger partial charge on any atom is -0.378 e. The maximum atomic E-state index is 13.3. The number of nitrogens with zero attached hydrogens (tertiary/aromatic N) is 3. The summed E-state index contributed by atoms with van der Waals surface area (Å²) in [6.45, 7) is 3.77. The molecule has 1 amide bonds. The lowest BCUT2D eigenvalue weighted by Gasteiger charge is -2.28. The normalized spacial score (nSPS) is 21.5. The topological polar surface area (TPSA) is 79.4 Å². The van der Waals surface area contributed by atoms with Crippen molar-refractivity contribution in [2.45, 2.75) is 63.1 Å². The van der Waals surface area contributed by atoms with Gasteiger partial charge in [-0.05, 0) is 67.3 Å². The Bertz CT molecular complexity index is 1270. The van der Waals surface area contributed by atoms with Crippen LogP contribution in [0.4, 0.5) is 10.1 Å². The van der Waals surface area contributed by atoms with Gasteiger partial charge in [0.05, 0.1) is 18.9 Å². The summed E-state index contributed by atoms with van der Waals surface area (Å²) in [5, 5.41) is 6.78. The quantitative estimate of drug-likeness (QED) is 0.435. The molecular formula is C31H36FN5O2. The van der Waals surface area contributed by atoms with Crippen molar-refractivity contribution in [2.24, 2.45) is 0 Å². The van der Waals surface area contributed by atoms with E-state index in [1.165, 1.54) is 18.6 Å². The largest absolute Gasteiger partial charge is 0.378 e. The van der Waals surface area contributed by atoms with Crippen LogP contribution in [0, 0.1) is 5.82 Å². The number of halogens is 1. The average molecular weight is 530 g/mol. The maximum absolute atomic E-state index is 13.3. The first-order valence-electron chi connectivity index (χ1n) is 14.2. The number of nitrogens with one attached hydrogen (secondary N) is 2. The van der Waals surface area contributed by atoms with Gasteiger partial charge in [0, 0.05) is 48.9 Å². The fourth-order valence-corrected chi connectivity index (χ4v) is 5.72. The standard InChI is InChI=1S/C31H36FN5O2/c32-23-10-6-21(7-11-23)27-19-28(27)33-20-25-18-29(31(38)35-24-4-2-1-3-5-24)36-30(34-25)22-8-12-26(13-9-22)37-14-16-39-17-15-37/h6-13,18,24,27-28,33H,1-5,14-17,19-20H2,(H,35,38)/t27-,28+/m0/s1. The summed E-state index contributed by atoms with van der Waals surface area (Å²) < 4.78 is 18.8. The van der Waals surface area contributed by atoms with Gasteiger partial charge in [-0.1, -0.05) is 31.4 Å². The van der Waals surface area contributed by atoms with Crippen LogP contribution in [0.25, 0.3) is 11.4 Å². The Balaban J connectivity index is 1.19. The number of benzene rings is 2. The lowest BCUT2D eigenvalue weighted by molar-refractivity contribution is 0.0922. The van der Waals surface area contributed by atoms with Crippen molar-refractivity contribution in [2.75, 3.05) is 31.2 Å². The molecule has 8 heteroatoms. The molecule has 1 aliphatic heterocycles. The number of ether oxygens (including phenoxy) is 1. The number of amides is 1. The first-order chi connectivity index (χ1) is 19.1. The second kappa shape index (κ2) is 11.8. The number of carbonyl (C=O) groups excluding carboxylic acids is 1. The van der Waals surface area contributed by atoms with E-state index in [9.17, 15) is 9.18 Å². The number of morpholine rings is 1. The summed E-state index contributed by atoms with van der Waals surface area (Å²) in [4.78, 5) is 25.1. The third kappa shape index (κ3) is 6.45. The lowest BCUT2D eigenvalue weighted by Crippen LogP contribution is -2.36. The zero-order valence-electron chi connectivity index (χ0n) is 22.2. The van der Waals surface area contributed by atoms with Gasteiger partial charge in [-0.3, -0.25) is 4.79 Å². The Hall–Kier alpha value is -3.36. The molecule has 2 heterocycles. The third-order valence-corrected chi connectivity index (χ3v) is 8.09. The van der Waals surface area contributed by atoms with Crippen molar-refractivity contribution in [3.8, 4) is 11.4 Å². The molecule has 0 spiro atoms. The number of hydrogen-bond acceptors (Lipinski definition) is 6. The van der Waals surface area contributed by atoms with Gasteiger partial charge in [-0.25, -0.2) is 14.4 Å². The van der Waals surface area contributed by atoms with E-state index >= 15 is 0 Å². The molecule has 7 nitrogen and oxygen atoms in total. The number of rotatable bonds is 8. The molecule has 2 aromatic carbocycles. The first-order valence-corrected chi connectivity index (χ1v) is 14.2. The van der Waals surface area contributed by atoms with E-state index in [2.05, 4.69) is 27.7 Å². The molecule has 1 aromatic heterocycles. The van der Waals surface area contributed by atoms with E-state index in [-0.39, 0.29) is 17.8 Å². The van der Waals surface area contributed by atoms with Gasteiger partial charge in [0.25, 0.3) is 5.91 Å². The molecule has 0 unspecified atom stereocenters. The Kier molecular flexibility index (Phi) is 7.83. The Morgan fingerprint density at radius 1 is 0.974 bits per heavy atom. The maximum Gasteiger partial charge on any atom is 0.270 e. The highest BCUT2D eigenvalue weighted by atomic mass is 19.1. The molecule has 2 atom stereocenters. The van der Waals surface area contributed by atoms with Gasteiger partial charge < -0.3 is 20.3 Å². The van der Waals surface area contributed by atoms with Crippen LogP contribution < -0.4 is 15.5 Å². The van der Waals surface area contributed by atoms with Crippen molar-refractivity contribution >= 4 is 11.6 Å². The second-order valence-corrected chi connectivity index (χ2v) is 10.9. The summed E-state index contributed by atoms with van der Waals surface area (Å²) >= 11 is 0. The van der Waals surface area contributed by atoms with Crippen LogP contribution in [0.1, 0.15) is 66.2 Å². The highest BCUT2D eigenvalue weighted by molar-refractivity contribution is 5.93. The molecule has 3 aromatic rings. The molecule has 6 rings (SSSR count). The summed E-state index contributed by atoms with van der Waals surface area (Å²) in [6, 6.07) is 17.3. The smallest absolute Gasteiger partial charge is 0.270 e. The number of anilines is 1. The van der Waals surface area contributed by atoms with Crippen molar-refractivity contribution in [3.05, 3.63) is 77.4 Å². The Labute approximate surface area is 229 Å². The molecule has 3 aliphatic rings. The minimum atomic E-state index is -0.213. The van der Waals surface area contributed by atoms with E-state index < -0.39 is 0 Å². The van der Waals surface area contributed by atoms with Crippen LogP contribution in [-0.2, 0) is 11.3 Å². The van der Waals surface area contributed by atoms with E-state index in [0.29, 0.717) is 30.0 Å². The van der Waals surface area contributed by atoms with Gasteiger partial charge >= 0.3 is 0 Å². The Morgan fingerprint density at radius 2 is 1.72 bits per heavy atom. The molecule has 3 fully saturated rings. The Morgan fingerprint density at radius 3 is 2.46 bits per heavy atom. The van der Waals surface area contributed by atoms with Crippen LogP contribution in [0.2, 0.25) is 0 Å². The molecule has 2 N–H and O–H groups in total. The summed E-state index contributed by atoms with van der Waals surface area (Å²) in [5.74, 6) is 0.581. The molecule has 0 radical (unpaired) electrons. The van der Waals surface area contributed by atoms with Crippen LogP contribution in [0.5, 0.6) is 0 Å². The molecule has 39 heavy (non-hydrogen) atoms. The average Bonchev–Trinajstić information content (AvgIpc) is 3.77. The molecule has 2 aliphatic carbocycles. The summed E-state index contributed by atoms with van der Waals surface area (Å²) in [5.41, 5.74) is 4.37. The third-order valence-electron chi connectivity index (χ3n) is 8.09. The fourth-order valence-electron chi connectivity index (χ4n) is 5.72. The van der Waals surface area contributed by atoms with Gasteiger partial charge in [-0.2, -0.15) is 0 Å². The SMILES string of the molecule is O=C(NC1CCCCC1)c1cc(CN[C@@H]2C[C@H]2c2ccc(F)cc2)nc(-c2ccc(N3CCOCC3)cc2)n1. The van der Waals surface area contributed by atoms with Crippen LogP contribution in [0.3, 0.4) is 0 Å². The minimum absolute atomic E-state index is 0.132. The lowest BCUT2D eigenvalue weighted by atomic mass is 9.95. The van der Waals surface area contributed by atoms with E-state index in [1.807, 2.05) is 30.3 Å². The van der Waals surface area contributed by atoms with Crippen molar-refractivity contribution < 1.29 is 13.9 Å². The van der Waals surface area contributed by atoms with Gasteiger partial charge in [-0.15, -0.1) is 0 Å². The van der Waals surface area contributed by atoms with Crippen LogP contribution in [0.15, 0.2) is 54.6 Å². The molecule has 1 saturated heterocycles. The van der Waals surface area contributed by atoms with Crippen molar-refractivity contribution in [1.29, 1.82) is 0 Å². The monoisotopic (exact) mass is 529 g/mol. The number of hydrogen-bond donors (Lipinski definition) is 2. The van der Waals surface area contributed by atoms with E-state index in [0.717, 1.165) is 80.9 Å². The van der Waals surface area contributed by atoms with Gasteiger partial charge in [0.1, 0.15) is 11.5 Å². The first kappa shape index (κ1) is 25.9. The number of carbonyl (C=O) groups is 1. The molecule has 204 valence electrons. The highest BCUT2D eigenvalue weighted by Gasteiger charge is 2.37. The van der Waals surface area contributed by atoms with Crippen molar-refractivity contribution in [3.63, 3.8) is 0 Å².